The van der Waals surface area contributed by atoms with Crippen molar-refractivity contribution in [2.45, 2.75) is 13.3 Å². The molecule has 0 heterocycles. The molecule has 2 aromatic carbocycles. The van der Waals surface area contributed by atoms with Crippen molar-refractivity contribution in [3.8, 4) is 0 Å². The Morgan fingerprint density at radius 3 is 2.10 bits per heavy atom. The molecule has 2 N–H and O–H groups in total. The third-order valence-electron chi connectivity index (χ3n) is 2.80. The highest BCUT2D eigenvalue weighted by Gasteiger charge is 2.08. The van der Waals surface area contributed by atoms with Crippen LogP contribution in [0.5, 0.6) is 0 Å². The van der Waals surface area contributed by atoms with Gasteiger partial charge in [0.15, 0.2) is 0 Å². The minimum absolute atomic E-state index is 0.0277. The van der Waals surface area contributed by atoms with E-state index >= 15 is 0 Å². The molecule has 0 spiro atoms. The molecule has 2 rings (SSSR count). The number of benzene rings is 2. The summed E-state index contributed by atoms with van der Waals surface area (Å²) in [6.45, 7) is 1.42. The van der Waals surface area contributed by atoms with Gasteiger partial charge in [-0.05, 0) is 35.9 Å². The summed E-state index contributed by atoms with van der Waals surface area (Å²) in [4.78, 5) is 22.7. The average Bonchev–Trinajstić information content (AvgIpc) is 2.43. The summed E-state index contributed by atoms with van der Waals surface area (Å²) < 4.78 is 13.4. The van der Waals surface area contributed by atoms with Crippen LogP contribution < -0.4 is 10.6 Å². The first-order chi connectivity index (χ1) is 10.0. The molecule has 4 nitrogen and oxygen atoms in total. The Balaban J connectivity index is 1.96. The summed E-state index contributed by atoms with van der Waals surface area (Å²) in [7, 11) is 0. The van der Waals surface area contributed by atoms with Gasteiger partial charge in [-0.3, -0.25) is 9.59 Å². The van der Waals surface area contributed by atoms with Crippen LogP contribution in [0.25, 0.3) is 0 Å². The molecule has 108 valence electrons. The minimum Gasteiger partial charge on any atom is -0.326 e. The van der Waals surface area contributed by atoms with E-state index in [9.17, 15) is 14.0 Å². The zero-order valence-electron chi connectivity index (χ0n) is 11.5. The lowest BCUT2D eigenvalue weighted by atomic mass is 10.1. The van der Waals surface area contributed by atoms with Crippen molar-refractivity contribution in [2.75, 3.05) is 10.6 Å². The van der Waals surface area contributed by atoms with E-state index in [1.54, 1.807) is 42.5 Å². The molecule has 2 aromatic rings. The quantitative estimate of drug-likeness (QED) is 0.907. The third-order valence-corrected chi connectivity index (χ3v) is 2.80. The van der Waals surface area contributed by atoms with E-state index in [0.29, 0.717) is 16.9 Å². The molecule has 0 saturated carbocycles. The maximum atomic E-state index is 13.4. The molecular weight excluding hydrogens is 271 g/mol. The Morgan fingerprint density at radius 1 is 0.952 bits per heavy atom. The van der Waals surface area contributed by atoms with Crippen LogP contribution in [0.15, 0.2) is 48.5 Å². The Labute approximate surface area is 122 Å². The van der Waals surface area contributed by atoms with Gasteiger partial charge in [0.05, 0.1) is 6.42 Å². The van der Waals surface area contributed by atoms with E-state index < -0.39 is 5.82 Å². The molecule has 0 atom stereocenters. The molecule has 0 aliphatic rings. The van der Waals surface area contributed by atoms with Crippen LogP contribution in [0.2, 0.25) is 0 Å². The second kappa shape index (κ2) is 6.65. The highest BCUT2D eigenvalue weighted by Crippen LogP contribution is 2.14. The minimum atomic E-state index is -0.395. The molecule has 0 aliphatic heterocycles. The second-order valence-electron chi connectivity index (χ2n) is 4.57. The number of carbonyl (C=O) groups excluding carboxylic acids is 2. The maximum absolute atomic E-state index is 13.4. The Bertz CT molecular complexity index is 654. The first-order valence-corrected chi connectivity index (χ1v) is 6.45. The molecule has 0 fully saturated rings. The average molecular weight is 286 g/mol. The predicted octanol–water partition coefficient (Wildman–Crippen LogP) is 2.97. The normalized spacial score (nSPS) is 10.0. The van der Waals surface area contributed by atoms with Gasteiger partial charge >= 0.3 is 0 Å². The van der Waals surface area contributed by atoms with E-state index in [1.165, 1.54) is 13.0 Å². The number of hydrogen-bond donors (Lipinski definition) is 2. The smallest absolute Gasteiger partial charge is 0.228 e. The van der Waals surface area contributed by atoms with E-state index in [1.807, 2.05) is 0 Å². The van der Waals surface area contributed by atoms with Gasteiger partial charge in [-0.2, -0.15) is 0 Å². The number of hydrogen-bond acceptors (Lipinski definition) is 2. The molecule has 0 aromatic heterocycles. The van der Waals surface area contributed by atoms with Crippen LogP contribution >= 0.6 is 0 Å². The predicted molar refractivity (Wildman–Crippen MR) is 79.5 cm³/mol. The number of anilines is 2. The van der Waals surface area contributed by atoms with Crippen molar-refractivity contribution in [3.63, 3.8) is 0 Å². The van der Waals surface area contributed by atoms with Crippen molar-refractivity contribution in [1.82, 2.24) is 0 Å². The first kappa shape index (κ1) is 14.7. The maximum Gasteiger partial charge on any atom is 0.228 e. The van der Waals surface area contributed by atoms with Gasteiger partial charge in [0, 0.05) is 18.3 Å². The largest absolute Gasteiger partial charge is 0.326 e. The third kappa shape index (κ3) is 4.42. The van der Waals surface area contributed by atoms with Crippen molar-refractivity contribution in [3.05, 3.63) is 59.9 Å². The van der Waals surface area contributed by atoms with Gasteiger partial charge in [-0.25, -0.2) is 4.39 Å². The highest BCUT2D eigenvalue weighted by atomic mass is 19.1. The van der Waals surface area contributed by atoms with Crippen LogP contribution in [-0.4, -0.2) is 11.8 Å². The summed E-state index contributed by atoms with van der Waals surface area (Å²) in [6.07, 6.45) is -0.0277. The number of carbonyl (C=O) groups is 2. The van der Waals surface area contributed by atoms with Crippen LogP contribution in [0.3, 0.4) is 0 Å². The summed E-state index contributed by atoms with van der Waals surface area (Å²) >= 11 is 0. The summed E-state index contributed by atoms with van der Waals surface area (Å²) in [5.41, 5.74) is 1.59. The Kier molecular flexibility index (Phi) is 4.66. The molecule has 0 bridgehead atoms. The van der Waals surface area contributed by atoms with Crippen LogP contribution in [-0.2, 0) is 16.0 Å². The molecule has 0 aliphatic carbocycles. The number of halogens is 1. The lowest BCUT2D eigenvalue weighted by Gasteiger charge is -2.07. The molecule has 0 saturated heterocycles. The van der Waals surface area contributed by atoms with Gasteiger partial charge in [0.1, 0.15) is 5.82 Å². The van der Waals surface area contributed by atoms with Gasteiger partial charge < -0.3 is 10.6 Å². The van der Waals surface area contributed by atoms with Gasteiger partial charge in [-0.1, -0.05) is 18.2 Å². The van der Waals surface area contributed by atoms with Crippen molar-refractivity contribution in [2.24, 2.45) is 0 Å². The molecule has 0 unspecified atom stereocenters. The second-order valence-corrected chi connectivity index (χ2v) is 4.57. The van der Waals surface area contributed by atoms with E-state index in [4.69, 9.17) is 0 Å². The van der Waals surface area contributed by atoms with Crippen molar-refractivity contribution >= 4 is 23.2 Å². The van der Waals surface area contributed by atoms with Gasteiger partial charge in [0.2, 0.25) is 11.8 Å². The van der Waals surface area contributed by atoms with E-state index in [-0.39, 0.29) is 18.2 Å². The Hall–Kier alpha value is -2.69. The van der Waals surface area contributed by atoms with Crippen LogP contribution in [0.4, 0.5) is 15.8 Å². The number of nitrogens with one attached hydrogen (secondary N) is 2. The first-order valence-electron chi connectivity index (χ1n) is 6.45. The topological polar surface area (TPSA) is 58.2 Å². The highest BCUT2D eigenvalue weighted by molar-refractivity contribution is 5.93. The van der Waals surface area contributed by atoms with E-state index in [2.05, 4.69) is 10.6 Å². The van der Waals surface area contributed by atoms with Crippen LogP contribution in [0.1, 0.15) is 12.5 Å². The molecule has 2 amide bonds. The standard InChI is InChI=1S/C16H15FN2O2/c1-11(20)18-13-6-8-14(9-7-13)19-16(21)10-12-4-2-3-5-15(12)17/h2-9H,10H2,1H3,(H,18,20)(H,19,21). The van der Waals surface area contributed by atoms with Gasteiger partial charge in [0.25, 0.3) is 0 Å². The lowest BCUT2D eigenvalue weighted by Crippen LogP contribution is -2.15. The zero-order valence-corrected chi connectivity index (χ0v) is 11.5. The Morgan fingerprint density at radius 2 is 1.52 bits per heavy atom. The monoisotopic (exact) mass is 286 g/mol. The number of amides is 2. The molecule has 21 heavy (non-hydrogen) atoms. The van der Waals surface area contributed by atoms with Gasteiger partial charge in [-0.15, -0.1) is 0 Å². The fraction of sp³-hybridized carbons (Fsp3) is 0.125. The zero-order chi connectivity index (χ0) is 15.2. The van der Waals surface area contributed by atoms with Crippen molar-refractivity contribution in [1.29, 1.82) is 0 Å². The molecule has 0 radical (unpaired) electrons. The SMILES string of the molecule is CC(=O)Nc1ccc(NC(=O)Cc2ccccc2F)cc1. The molecular formula is C16H15FN2O2. The fourth-order valence-electron chi connectivity index (χ4n) is 1.86. The van der Waals surface area contributed by atoms with E-state index in [0.717, 1.165) is 0 Å². The lowest BCUT2D eigenvalue weighted by molar-refractivity contribution is -0.116. The van der Waals surface area contributed by atoms with Crippen molar-refractivity contribution < 1.29 is 14.0 Å². The summed E-state index contributed by atoms with van der Waals surface area (Å²) in [5, 5.41) is 5.31. The number of rotatable bonds is 4. The van der Waals surface area contributed by atoms with Crippen LogP contribution in [0, 0.1) is 5.82 Å². The fourth-order valence-corrected chi connectivity index (χ4v) is 1.86. The summed E-state index contributed by atoms with van der Waals surface area (Å²) in [6, 6.07) is 12.9. The molecule has 5 heteroatoms. The summed E-state index contributed by atoms with van der Waals surface area (Å²) in [5.74, 6) is -0.854.